The Kier molecular flexibility index (Phi) is 3.44. The first-order valence-electron chi connectivity index (χ1n) is 5.64. The fraction of sp³-hybridized carbons (Fsp3) is 0.308. The molecule has 0 fully saturated rings. The molecule has 0 aliphatic heterocycles. The van der Waals surface area contributed by atoms with E-state index in [0.29, 0.717) is 6.54 Å². The van der Waals surface area contributed by atoms with E-state index in [1.165, 1.54) is 5.56 Å². The molecule has 17 heavy (non-hydrogen) atoms. The topological polar surface area (TPSA) is 60.2 Å². The highest BCUT2D eigenvalue weighted by atomic mass is 16.5. The maximum atomic E-state index is 5.51. The molecule has 0 saturated carbocycles. The van der Waals surface area contributed by atoms with E-state index < -0.39 is 0 Å². The fourth-order valence-electron chi connectivity index (χ4n) is 1.93. The number of nitrogens with zero attached hydrogens (tertiary/aromatic N) is 1. The summed E-state index contributed by atoms with van der Waals surface area (Å²) in [4.78, 5) is 4.39. The van der Waals surface area contributed by atoms with Crippen molar-refractivity contribution in [2.24, 2.45) is 5.73 Å². The first-order chi connectivity index (χ1) is 8.27. The van der Waals surface area contributed by atoms with Gasteiger partial charge in [-0.2, -0.15) is 0 Å². The summed E-state index contributed by atoms with van der Waals surface area (Å²) in [6.45, 7) is 3.42. The van der Waals surface area contributed by atoms with E-state index in [4.69, 9.17) is 10.5 Å². The van der Waals surface area contributed by atoms with Crippen LogP contribution in [-0.4, -0.2) is 25.2 Å². The number of methoxy groups -OCH3 is 1. The summed E-state index contributed by atoms with van der Waals surface area (Å²) in [5, 5.41) is 4.41. The zero-order valence-corrected chi connectivity index (χ0v) is 10.2. The van der Waals surface area contributed by atoms with Gasteiger partial charge in [-0.1, -0.05) is 6.07 Å². The van der Waals surface area contributed by atoms with Crippen LogP contribution in [0.15, 0.2) is 24.4 Å². The van der Waals surface area contributed by atoms with Crippen molar-refractivity contribution in [1.29, 1.82) is 0 Å². The zero-order chi connectivity index (χ0) is 12.3. The van der Waals surface area contributed by atoms with Gasteiger partial charge in [0, 0.05) is 30.4 Å². The fourth-order valence-corrected chi connectivity index (χ4v) is 1.93. The normalized spacial score (nSPS) is 10.5. The molecule has 0 aliphatic carbocycles. The highest BCUT2D eigenvalue weighted by Gasteiger charge is 2.08. The van der Waals surface area contributed by atoms with Gasteiger partial charge < -0.3 is 15.8 Å². The SMILES string of the molecule is COc1ccc(C)c2c(NCCN)ccnc12. The van der Waals surface area contributed by atoms with Crippen molar-refractivity contribution in [1.82, 2.24) is 4.98 Å². The molecule has 1 heterocycles. The van der Waals surface area contributed by atoms with Gasteiger partial charge in [0.2, 0.25) is 0 Å². The molecule has 0 amide bonds. The van der Waals surface area contributed by atoms with Crippen LogP contribution >= 0.6 is 0 Å². The maximum absolute atomic E-state index is 5.51. The Morgan fingerprint density at radius 2 is 2.18 bits per heavy atom. The third-order valence-corrected chi connectivity index (χ3v) is 2.74. The minimum atomic E-state index is 0.604. The highest BCUT2D eigenvalue weighted by molar-refractivity contribution is 5.97. The van der Waals surface area contributed by atoms with Crippen LogP contribution < -0.4 is 15.8 Å². The lowest BCUT2D eigenvalue weighted by atomic mass is 10.1. The van der Waals surface area contributed by atoms with Gasteiger partial charge in [-0.15, -0.1) is 0 Å². The first-order valence-corrected chi connectivity index (χ1v) is 5.64. The number of hydrogen-bond acceptors (Lipinski definition) is 4. The van der Waals surface area contributed by atoms with Gasteiger partial charge in [0.15, 0.2) is 0 Å². The van der Waals surface area contributed by atoms with Gasteiger partial charge in [-0.25, -0.2) is 0 Å². The molecule has 2 rings (SSSR count). The van der Waals surface area contributed by atoms with Crippen molar-refractivity contribution >= 4 is 16.6 Å². The van der Waals surface area contributed by atoms with Crippen molar-refractivity contribution in [2.75, 3.05) is 25.5 Å². The van der Waals surface area contributed by atoms with E-state index in [9.17, 15) is 0 Å². The smallest absolute Gasteiger partial charge is 0.145 e. The van der Waals surface area contributed by atoms with Crippen LogP contribution in [0.5, 0.6) is 5.75 Å². The van der Waals surface area contributed by atoms with Gasteiger partial charge >= 0.3 is 0 Å². The molecule has 0 spiro atoms. The molecule has 0 bridgehead atoms. The van der Waals surface area contributed by atoms with E-state index >= 15 is 0 Å². The van der Waals surface area contributed by atoms with Crippen molar-refractivity contribution in [3.05, 3.63) is 30.0 Å². The maximum Gasteiger partial charge on any atom is 0.145 e. The molecule has 3 N–H and O–H groups in total. The number of aromatic nitrogens is 1. The summed E-state index contributed by atoms with van der Waals surface area (Å²) >= 11 is 0. The number of ether oxygens (including phenoxy) is 1. The van der Waals surface area contributed by atoms with Crippen LogP contribution in [0, 0.1) is 6.92 Å². The molecular weight excluding hydrogens is 214 g/mol. The standard InChI is InChI=1S/C13H17N3O/c1-9-3-4-11(17-2)13-12(9)10(5-7-16-13)15-8-6-14/h3-5,7H,6,8,14H2,1-2H3,(H,15,16). The van der Waals surface area contributed by atoms with Gasteiger partial charge in [0.1, 0.15) is 11.3 Å². The van der Waals surface area contributed by atoms with Crippen LogP contribution in [0.25, 0.3) is 10.9 Å². The molecule has 0 aliphatic rings. The van der Waals surface area contributed by atoms with Gasteiger partial charge in [0.05, 0.1) is 7.11 Å². The summed E-state index contributed by atoms with van der Waals surface area (Å²) in [5.74, 6) is 0.794. The van der Waals surface area contributed by atoms with Crippen molar-refractivity contribution < 1.29 is 4.74 Å². The zero-order valence-electron chi connectivity index (χ0n) is 10.2. The van der Waals surface area contributed by atoms with Gasteiger partial charge in [0.25, 0.3) is 0 Å². The molecule has 0 saturated heterocycles. The lowest BCUT2D eigenvalue weighted by Crippen LogP contribution is -2.13. The second-order valence-corrected chi connectivity index (χ2v) is 3.88. The van der Waals surface area contributed by atoms with Crippen LogP contribution in [0.4, 0.5) is 5.69 Å². The summed E-state index contributed by atoms with van der Waals surface area (Å²) in [5.41, 5.74) is 8.62. The van der Waals surface area contributed by atoms with E-state index in [1.54, 1.807) is 13.3 Å². The van der Waals surface area contributed by atoms with Gasteiger partial charge in [-0.3, -0.25) is 4.98 Å². The third-order valence-electron chi connectivity index (χ3n) is 2.74. The van der Waals surface area contributed by atoms with Crippen LogP contribution in [0.1, 0.15) is 5.56 Å². The monoisotopic (exact) mass is 231 g/mol. The minimum absolute atomic E-state index is 0.604. The summed E-state index contributed by atoms with van der Waals surface area (Å²) in [6, 6.07) is 5.94. The van der Waals surface area contributed by atoms with E-state index in [-0.39, 0.29) is 0 Å². The number of fused-ring (bicyclic) bond motifs is 1. The second-order valence-electron chi connectivity index (χ2n) is 3.88. The van der Waals surface area contributed by atoms with Crippen molar-refractivity contribution in [3.63, 3.8) is 0 Å². The lowest BCUT2D eigenvalue weighted by Gasteiger charge is -2.12. The number of nitrogens with two attached hydrogens (primary N) is 1. The number of benzene rings is 1. The minimum Gasteiger partial charge on any atom is -0.494 e. The Hall–Kier alpha value is -1.81. The molecular formula is C13H17N3O. The van der Waals surface area contributed by atoms with Crippen LogP contribution in [0.2, 0.25) is 0 Å². The van der Waals surface area contributed by atoms with E-state index in [1.807, 2.05) is 18.2 Å². The molecule has 4 heteroatoms. The predicted octanol–water partition coefficient (Wildman–Crippen LogP) is 1.92. The second kappa shape index (κ2) is 5.01. The Bertz CT molecular complexity index is 525. The predicted molar refractivity (Wildman–Crippen MR) is 70.6 cm³/mol. The Labute approximate surface area is 101 Å². The number of pyridine rings is 1. The third kappa shape index (κ3) is 2.17. The average molecular weight is 231 g/mol. The van der Waals surface area contributed by atoms with Crippen molar-refractivity contribution in [3.8, 4) is 5.75 Å². The Morgan fingerprint density at radius 3 is 2.88 bits per heavy atom. The molecule has 0 atom stereocenters. The number of nitrogens with one attached hydrogen (secondary N) is 1. The lowest BCUT2D eigenvalue weighted by molar-refractivity contribution is 0.419. The number of rotatable bonds is 4. The summed E-state index contributed by atoms with van der Waals surface area (Å²) in [6.07, 6.45) is 1.78. The molecule has 0 unspecified atom stereocenters. The molecule has 1 aromatic carbocycles. The average Bonchev–Trinajstić information content (AvgIpc) is 2.36. The first kappa shape index (κ1) is 11.7. The van der Waals surface area contributed by atoms with Crippen LogP contribution in [0.3, 0.4) is 0 Å². The molecule has 2 aromatic rings. The molecule has 4 nitrogen and oxygen atoms in total. The van der Waals surface area contributed by atoms with E-state index in [2.05, 4.69) is 17.2 Å². The Balaban J connectivity index is 2.61. The summed E-state index contributed by atoms with van der Waals surface area (Å²) in [7, 11) is 1.66. The largest absolute Gasteiger partial charge is 0.494 e. The molecule has 1 aromatic heterocycles. The molecule has 90 valence electrons. The quantitative estimate of drug-likeness (QED) is 0.844. The number of anilines is 1. The van der Waals surface area contributed by atoms with Crippen LogP contribution in [-0.2, 0) is 0 Å². The highest BCUT2D eigenvalue weighted by Crippen LogP contribution is 2.31. The number of aryl methyl sites for hydroxylation is 1. The Morgan fingerprint density at radius 1 is 1.35 bits per heavy atom. The van der Waals surface area contributed by atoms with Gasteiger partial charge in [-0.05, 0) is 24.6 Å². The number of hydrogen-bond donors (Lipinski definition) is 2. The summed E-state index contributed by atoms with van der Waals surface area (Å²) < 4.78 is 5.33. The van der Waals surface area contributed by atoms with Crippen molar-refractivity contribution in [2.45, 2.75) is 6.92 Å². The van der Waals surface area contributed by atoms with E-state index in [0.717, 1.165) is 28.9 Å². The molecule has 0 radical (unpaired) electrons.